The van der Waals surface area contributed by atoms with E-state index >= 15 is 0 Å². The standard InChI is InChI=1S/C12H12O4/c1-7-3-4-8-5-11(14)16-12(8)9(7)6-10(13)15-2/h3-4H,5-6H2,1-2H3. The number of methoxy groups -OCH3 is 1. The van der Waals surface area contributed by atoms with Crippen molar-refractivity contribution in [2.24, 2.45) is 0 Å². The molecule has 0 amide bonds. The summed E-state index contributed by atoms with van der Waals surface area (Å²) in [5.74, 6) is -0.0680. The summed E-state index contributed by atoms with van der Waals surface area (Å²) < 4.78 is 9.73. The largest absolute Gasteiger partial charge is 0.469 e. The minimum Gasteiger partial charge on any atom is -0.469 e. The maximum Gasteiger partial charge on any atom is 0.315 e. The van der Waals surface area contributed by atoms with Crippen LogP contribution in [-0.2, 0) is 27.2 Å². The molecular formula is C12H12O4. The Morgan fingerprint density at radius 1 is 1.50 bits per heavy atom. The third kappa shape index (κ3) is 1.78. The molecule has 0 spiro atoms. The molecule has 16 heavy (non-hydrogen) atoms. The molecule has 0 N–H and O–H groups in total. The summed E-state index contributed by atoms with van der Waals surface area (Å²) in [5.41, 5.74) is 2.52. The van der Waals surface area contributed by atoms with Gasteiger partial charge >= 0.3 is 11.9 Å². The molecule has 0 bridgehead atoms. The Kier molecular flexibility index (Phi) is 2.64. The van der Waals surface area contributed by atoms with Gasteiger partial charge in [0.2, 0.25) is 0 Å². The molecule has 0 unspecified atom stereocenters. The van der Waals surface area contributed by atoms with Crippen molar-refractivity contribution >= 4 is 11.9 Å². The van der Waals surface area contributed by atoms with Crippen molar-refractivity contribution in [3.8, 4) is 5.75 Å². The van der Waals surface area contributed by atoms with E-state index in [1.54, 1.807) is 0 Å². The number of carbonyl (C=O) groups is 2. The highest BCUT2D eigenvalue weighted by Crippen LogP contribution is 2.32. The van der Waals surface area contributed by atoms with Crippen LogP contribution < -0.4 is 4.74 Å². The van der Waals surface area contributed by atoms with Crippen LogP contribution in [0.5, 0.6) is 5.75 Å². The van der Waals surface area contributed by atoms with Crippen LogP contribution in [0.3, 0.4) is 0 Å². The Balaban J connectivity index is 2.41. The number of esters is 2. The fourth-order valence-corrected chi connectivity index (χ4v) is 1.78. The lowest BCUT2D eigenvalue weighted by Crippen LogP contribution is -2.08. The number of ether oxygens (including phenoxy) is 2. The van der Waals surface area contributed by atoms with Gasteiger partial charge in [0.15, 0.2) is 0 Å². The highest BCUT2D eigenvalue weighted by atomic mass is 16.5. The SMILES string of the molecule is COC(=O)Cc1c(C)ccc2c1OC(=O)C2. The molecular weight excluding hydrogens is 208 g/mol. The zero-order valence-corrected chi connectivity index (χ0v) is 9.20. The van der Waals surface area contributed by atoms with Gasteiger partial charge in [-0.1, -0.05) is 12.1 Å². The molecule has 4 heteroatoms. The van der Waals surface area contributed by atoms with E-state index in [0.29, 0.717) is 5.75 Å². The number of hydrogen-bond donors (Lipinski definition) is 0. The van der Waals surface area contributed by atoms with Crippen molar-refractivity contribution in [2.45, 2.75) is 19.8 Å². The Morgan fingerprint density at radius 3 is 2.94 bits per heavy atom. The van der Waals surface area contributed by atoms with Crippen molar-refractivity contribution in [2.75, 3.05) is 7.11 Å². The van der Waals surface area contributed by atoms with Crippen LogP contribution in [0.4, 0.5) is 0 Å². The van der Waals surface area contributed by atoms with Crippen molar-refractivity contribution in [1.29, 1.82) is 0 Å². The van der Waals surface area contributed by atoms with Crippen molar-refractivity contribution in [3.63, 3.8) is 0 Å². The molecule has 0 aliphatic carbocycles. The molecule has 1 aromatic carbocycles. The van der Waals surface area contributed by atoms with Crippen LogP contribution >= 0.6 is 0 Å². The van der Waals surface area contributed by atoms with Crippen molar-refractivity contribution in [3.05, 3.63) is 28.8 Å². The summed E-state index contributed by atoms with van der Waals surface area (Å²) in [6.07, 6.45) is 0.419. The van der Waals surface area contributed by atoms with Gasteiger partial charge in [-0.25, -0.2) is 0 Å². The van der Waals surface area contributed by atoms with Gasteiger partial charge in [-0.2, -0.15) is 0 Å². The lowest BCUT2D eigenvalue weighted by Gasteiger charge is -2.09. The second-order valence-electron chi connectivity index (χ2n) is 3.75. The molecule has 1 aliphatic rings. The Morgan fingerprint density at radius 2 is 2.25 bits per heavy atom. The number of fused-ring (bicyclic) bond motifs is 1. The first-order valence-electron chi connectivity index (χ1n) is 5.00. The molecule has 1 heterocycles. The second-order valence-corrected chi connectivity index (χ2v) is 3.75. The topological polar surface area (TPSA) is 52.6 Å². The van der Waals surface area contributed by atoms with E-state index in [4.69, 9.17) is 4.74 Å². The molecule has 0 radical (unpaired) electrons. The summed E-state index contributed by atoms with van der Waals surface area (Å²) in [5, 5.41) is 0. The molecule has 84 valence electrons. The minimum absolute atomic E-state index is 0.138. The van der Waals surface area contributed by atoms with Crippen molar-refractivity contribution < 1.29 is 19.1 Å². The smallest absolute Gasteiger partial charge is 0.315 e. The maximum absolute atomic E-state index is 11.3. The predicted octanol–water partition coefficient (Wildman–Crippen LogP) is 1.17. The van der Waals surface area contributed by atoms with E-state index in [9.17, 15) is 9.59 Å². The first kappa shape index (κ1) is 10.7. The molecule has 0 fully saturated rings. The van der Waals surface area contributed by atoms with Gasteiger partial charge in [0.25, 0.3) is 0 Å². The normalized spacial score (nSPS) is 13.2. The van der Waals surface area contributed by atoms with Gasteiger partial charge in [0.1, 0.15) is 5.75 Å². The zero-order chi connectivity index (χ0) is 11.7. The first-order chi connectivity index (χ1) is 7.61. The Labute approximate surface area is 93.2 Å². The summed E-state index contributed by atoms with van der Waals surface area (Å²) in [7, 11) is 1.34. The third-order valence-corrected chi connectivity index (χ3v) is 2.68. The van der Waals surface area contributed by atoms with Crippen LogP contribution in [0.15, 0.2) is 12.1 Å². The van der Waals surface area contributed by atoms with Gasteiger partial charge in [0.05, 0.1) is 20.0 Å². The van der Waals surface area contributed by atoms with E-state index in [2.05, 4.69) is 4.74 Å². The van der Waals surface area contributed by atoms with E-state index < -0.39 is 0 Å². The molecule has 0 saturated carbocycles. The highest BCUT2D eigenvalue weighted by molar-refractivity contribution is 5.83. The predicted molar refractivity (Wildman–Crippen MR) is 56.2 cm³/mol. The lowest BCUT2D eigenvalue weighted by molar-refractivity contribution is -0.140. The van der Waals surface area contributed by atoms with Crippen molar-refractivity contribution in [1.82, 2.24) is 0 Å². The number of aryl methyl sites for hydroxylation is 1. The molecule has 1 aromatic rings. The first-order valence-corrected chi connectivity index (χ1v) is 5.00. The Hall–Kier alpha value is -1.84. The maximum atomic E-state index is 11.3. The molecule has 1 aliphatic heterocycles. The van der Waals surface area contributed by atoms with Gasteiger partial charge in [0, 0.05) is 11.1 Å². The van der Waals surface area contributed by atoms with E-state index in [1.807, 2.05) is 19.1 Å². The monoisotopic (exact) mass is 220 g/mol. The van der Waals surface area contributed by atoms with Crippen LogP contribution in [-0.4, -0.2) is 19.0 Å². The molecule has 0 saturated heterocycles. The van der Waals surface area contributed by atoms with E-state index in [-0.39, 0.29) is 24.8 Å². The summed E-state index contributed by atoms with van der Waals surface area (Å²) in [6.45, 7) is 1.88. The number of carbonyl (C=O) groups excluding carboxylic acids is 2. The summed E-state index contributed by atoms with van der Waals surface area (Å²) in [4.78, 5) is 22.4. The van der Waals surface area contributed by atoms with Crippen LogP contribution in [0.2, 0.25) is 0 Å². The molecule has 0 aromatic heterocycles. The highest BCUT2D eigenvalue weighted by Gasteiger charge is 2.25. The minimum atomic E-state index is -0.334. The third-order valence-electron chi connectivity index (χ3n) is 2.68. The van der Waals surface area contributed by atoms with Crippen LogP contribution in [0, 0.1) is 6.92 Å². The molecule has 0 atom stereocenters. The lowest BCUT2D eigenvalue weighted by atomic mass is 10.0. The van der Waals surface area contributed by atoms with Gasteiger partial charge in [-0.15, -0.1) is 0 Å². The van der Waals surface area contributed by atoms with E-state index in [0.717, 1.165) is 16.7 Å². The Bertz CT molecular complexity index is 462. The van der Waals surface area contributed by atoms with Crippen LogP contribution in [0.25, 0.3) is 0 Å². The van der Waals surface area contributed by atoms with Gasteiger partial charge < -0.3 is 9.47 Å². The fraction of sp³-hybridized carbons (Fsp3) is 0.333. The summed E-state index contributed by atoms with van der Waals surface area (Å²) >= 11 is 0. The average Bonchev–Trinajstić information content (AvgIpc) is 2.63. The quantitative estimate of drug-likeness (QED) is 0.554. The van der Waals surface area contributed by atoms with Gasteiger partial charge in [-0.3, -0.25) is 9.59 Å². The fourth-order valence-electron chi connectivity index (χ4n) is 1.78. The zero-order valence-electron chi connectivity index (χ0n) is 9.20. The number of benzene rings is 1. The number of hydrogen-bond acceptors (Lipinski definition) is 4. The van der Waals surface area contributed by atoms with Gasteiger partial charge in [-0.05, 0) is 12.5 Å². The number of rotatable bonds is 2. The molecule has 4 nitrogen and oxygen atoms in total. The average molecular weight is 220 g/mol. The van der Waals surface area contributed by atoms with E-state index in [1.165, 1.54) is 7.11 Å². The van der Waals surface area contributed by atoms with Crippen LogP contribution in [0.1, 0.15) is 16.7 Å². The molecule has 2 rings (SSSR count). The summed E-state index contributed by atoms with van der Waals surface area (Å²) in [6, 6.07) is 3.75. The second kappa shape index (κ2) is 3.96.